The number of anilines is 1. The summed E-state index contributed by atoms with van der Waals surface area (Å²) in [4.78, 5) is 0. The smallest absolute Gasteiger partial charge is 0.0551 e. The summed E-state index contributed by atoms with van der Waals surface area (Å²) in [6.45, 7) is 8.62. The number of nitrogens with one attached hydrogen (secondary N) is 1. The molecule has 1 N–H and O–H groups in total. The molecule has 0 fully saturated rings. The van der Waals surface area contributed by atoms with Gasteiger partial charge in [-0.25, -0.2) is 0 Å². The van der Waals surface area contributed by atoms with E-state index in [-0.39, 0.29) is 12.0 Å². The second kappa shape index (κ2) is 21.7. The second-order valence-electron chi connectivity index (χ2n) is 17.3. The van der Waals surface area contributed by atoms with Crippen LogP contribution < -0.4 is 5.32 Å². The van der Waals surface area contributed by atoms with Crippen LogP contribution >= 0.6 is 0 Å². The molecular formula is C64H59N. The van der Waals surface area contributed by atoms with Gasteiger partial charge >= 0.3 is 0 Å². The highest BCUT2D eigenvalue weighted by molar-refractivity contribution is 5.77. The SMILES string of the molecule is CC1=CCC(C)C=C1.Cc1ccc(-c2ccc(-c3ccccc3)cc2)cc1.Cc1ccc(-c2ccc(C3C=C(c4ccccc4)C=CC3Nc3ccc(-c4ccccc4)cc3)cc2)cc1. The summed E-state index contributed by atoms with van der Waals surface area (Å²) in [6.07, 6.45) is 14.9. The Balaban J connectivity index is 0.000000175. The average molecular weight is 842 g/mol. The Labute approximate surface area is 387 Å². The lowest BCUT2D eigenvalue weighted by atomic mass is 9.83. The van der Waals surface area contributed by atoms with Gasteiger partial charge in [0.2, 0.25) is 0 Å². The van der Waals surface area contributed by atoms with Gasteiger partial charge in [-0.3, -0.25) is 0 Å². The Kier molecular flexibility index (Phi) is 14.8. The standard InChI is InChI=1S/C37H31N.C19H16.C8H12/c1-27-12-14-30(15-13-27)31-16-18-33(19-17-31)36-26-34(29-10-6-3-7-11-29)22-25-37(36)38-35-23-20-32(21-24-35)28-8-4-2-5-9-28;1-15-7-9-17(10-8-15)19-13-11-18(12-14-19)16-5-3-2-4-6-16;1-7-3-5-8(2)6-4-7/h2-26,36-38H,1H3;2-14H,1H3;3-5,8H,6H2,1-2H3. The Hall–Kier alpha value is -7.48. The topological polar surface area (TPSA) is 12.0 Å². The Morgan fingerprint density at radius 1 is 0.385 bits per heavy atom. The van der Waals surface area contributed by atoms with Crippen LogP contribution in [-0.4, -0.2) is 6.04 Å². The third-order valence-corrected chi connectivity index (χ3v) is 12.2. The zero-order chi connectivity index (χ0) is 44.8. The van der Waals surface area contributed by atoms with Crippen LogP contribution in [0.4, 0.5) is 5.69 Å². The van der Waals surface area contributed by atoms with Crippen molar-refractivity contribution in [1.82, 2.24) is 0 Å². The van der Waals surface area contributed by atoms with E-state index < -0.39 is 0 Å². The highest BCUT2D eigenvalue weighted by Crippen LogP contribution is 2.35. The molecule has 65 heavy (non-hydrogen) atoms. The number of hydrogen-bond donors (Lipinski definition) is 1. The zero-order valence-electron chi connectivity index (χ0n) is 38.1. The molecule has 10 rings (SSSR count). The van der Waals surface area contributed by atoms with Crippen LogP contribution in [0.2, 0.25) is 0 Å². The van der Waals surface area contributed by atoms with Crippen molar-refractivity contribution in [3.05, 3.63) is 277 Å². The first-order valence-corrected chi connectivity index (χ1v) is 23.0. The predicted molar refractivity (Wildman–Crippen MR) is 281 cm³/mol. The van der Waals surface area contributed by atoms with E-state index in [0.717, 1.165) is 11.6 Å². The monoisotopic (exact) mass is 841 g/mol. The molecule has 1 heteroatoms. The van der Waals surface area contributed by atoms with Crippen molar-refractivity contribution in [1.29, 1.82) is 0 Å². The van der Waals surface area contributed by atoms with E-state index in [1.54, 1.807) is 0 Å². The van der Waals surface area contributed by atoms with Crippen molar-refractivity contribution in [3.8, 4) is 44.5 Å². The van der Waals surface area contributed by atoms with E-state index in [4.69, 9.17) is 0 Å². The lowest BCUT2D eigenvalue weighted by Crippen LogP contribution is -2.26. The van der Waals surface area contributed by atoms with Crippen LogP contribution in [0.5, 0.6) is 0 Å². The predicted octanol–water partition coefficient (Wildman–Crippen LogP) is 17.4. The molecule has 0 aromatic heterocycles. The molecule has 2 aliphatic carbocycles. The van der Waals surface area contributed by atoms with Gasteiger partial charge in [-0.05, 0) is 106 Å². The average Bonchev–Trinajstić information content (AvgIpc) is 3.37. The fourth-order valence-corrected chi connectivity index (χ4v) is 8.24. The third kappa shape index (κ3) is 12.2. The first-order valence-electron chi connectivity index (χ1n) is 23.0. The molecule has 0 radical (unpaired) electrons. The van der Waals surface area contributed by atoms with Crippen molar-refractivity contribution in [2.45, 2.75) is 46.1 Å². The van der Waals surface area contributed by atoms with Crippen molar-refractivity contribution < 1.29 is 0 Å². The van der Waals surface area contributed by atoms with Crippen molar-refractivity contribution in [2.24, 2.45) is 5.92 Å². The number of aryl methyl sites for hydroxylation is 2. The van der Waals surface area contributed by atoms with Crippen LogP contribution in [0.25, 0.3) is 50.1 Å². The molecule has 320 valence electrons. The number of hydrogen-bond acceptors (Lipinski definition) is 1. The minimum atomic E-state index is 0.148. The molecule has 1 nitrogen and oxygen atoms in total. The van der Waals surface area contributed by atoms with Gasteiger partial charge < -0.3 is 5.32 Å². The summed E-state index contributed by atoms with van der Waals surface area (Å²) in [6, 6.07) is 75.8. The lowest BCUT2D eigenvalue weighted by molar-refractivity contribution is 0.731. The molecule has 0 saturated heterocycles. The maximum Gasteiger partial charge on any atom is 0.0551 e. The Bertz CT molecular complexity index is 2830. The van der Waals surface area contributed by atoms with Crippen LogP contribution in [0.1, 0.15) is 48.4 Å². The molecule has 0 spiro atoms. The fraction of sp³-hybridized carbons (Fsp3) is 0.125. The van der Waals surface area contributed by atoms with E-state index in [2.05, 4.69) is 276 Å². The second-order valence-corrected chi connectivity index (χ2v) is 17.3. The molecular weight excluding hydrogens is 783 g/mol. The summed E-state index contributed by atoms with van der Waals surface area (Å²) in [5.41, 5.74) is 18.9. The maximum atomic E-state index is 3.80. The Morgan fingerprint density at radius 3 is 1.18 bits per heavy atom. The summed E-state index contributed by atoms with van der Waals surface area (Å²) < 4.78 is 0. The quantitative estimate of drug-likeness (QED) is 0.161. The summed E-state index contributed by atoms with van der Waals surface area (Å²) in [7, 11) is 0. The van der Waals surface area contributed by atoms with Gasteiger partial charge in [0, 0.05) is 11.6 Å². The summed E-state index contributed by atoms with van der Waals surface area (Å²) >= 11 is 0. The van der Waals surface area contributed by atoms with Crippen molar-refractivity contribution in [2.75, 3.05) is 5.32 Å². The molecule has 8 aromatic rings. The number of benzene rings is 8. The van der Waals surface area contributed by atoms with Gasteiger partial charge in [-0.15, -0.1) is 0 Å². The minimum absolute atomic E-state index is 0.148. The van der Waals surface area contributed by atoms with Crippen LogP contribution in [0.15, 0.2) is 254 Å². The lowest BCUT2D eigenvalue weighted by Gasteiger charge is -2.29. The van der Waals surface area contributed by atoms with E-state index in [1.165, 1.54) is 84.3 Å². The van der Waals surface area contributed by atoms with E-state index in [0.29, 0.717) is 0 Å². The van der Waals surface area contributed by atoms with Crippen LogP contribution in [-0.2, 0) is 0 Å². The van der Waals surface area contributed by atoms with Crippen molar-refractivity contribution >= 4 is 11.3 Å². The number of rotatable bonds is 8. The van der Waals surface area contributed by atoms with Crippen LogP contribution in [0.3, 0.4) is 0 Å². The van der Waals surface area contributed by atoms with E-state index in [9.17, 15) is 0 Å². The Morgan fingerprint density at radius 2 is 0.769 bits per heavy atom. The zero-order valence-corrected chi connectivity index (χ0v) is 38.1. The largest absolute Gasteiger partial charge is 0.378 e. The van der Waals surface area contributed by atoms with Gasteiger partial charge in [0.25, 0.3) is 0 Å². The summed E-state index contributed by atoms with van der Waals surface area (Å²) in [5, 5.41) is 3.80. The normalized spacial score (nSPS) is 16.2. The van der Waals surface area contributed by atoms with Gasteiger partial charge in [0.05, 0.1) is 6.04 Å². The molecule has 8 aromatic carbocycles. The highest BCUT2D eigenvalue weighted by Gasteiger charge is 2.23. The molecule has 0 saturated carbocycles. The maximum absolute atomic E-state index is 3.80. The van der Waals surface area contributed by atoms with Gasteiger partial charge in [0.15, 0.2) is 0 Å². The molecule has 0 amide bonds. The first kappa shape index (κ1) is 44.1. The summed E-state index contributed by atoms with van der Waals surface area (Å²) in [5.74, 6) is 0.967. The van der Waals surface area contributed by atoms with E-state index >= 15 is 0 Å². The molecule has 0 heterocycles. The van der Waals surface area contributed by atoms with Gasteiger partial charge in [-0.1, -0.05) is 260 Å². The molecule has 0 aliphatic heterocycles. The first-order chi connectivity index (χ1) is 31.8. The van der Waals surface area contributed by atoms with E-state index in [1.807, 2.05) is 6.07 Å². The van der Waals surface area contributed by atoms with Gasteiger partial charge in [0.1, 0.15) is 0 Å². The highest BCUT2D eigenvalue weighted by atomic mass is 14.9. The molecule has 0 bridgehead atoms. The molecule has 2 aliphatic rings. The molecule has 3 atom stereocenters. The van der Waals surface area contributed by atoms with Gasteiger partial charge in [-0.2, -0.15) is 0 Å². The molecule has 3 unspecified atom stereocenters. The minimum Gasteiger partial charge on any atom is -0.378 e. The number of allylic oxidation sites excluding steroid dienone is 6. The fourth-order valence-electron chi connectivity index (χ4n) is 8.24. The third-order valence-electron chi connectivity index (χ3n) is 12.2. The van der Waals surface area contributed by atoms with Crippen molar-refractivity contribution in [3.63, 3.8) is 0 Å². The van der Waals surface area contributed by atoms with Crippen LogP contribution in [0, 0.1) is 19.8 Å².